The number of benzene rings is 1. The molecule has 2 amide bonds. The van der Waals surface area contributed by atoms with Gasteiger partial charge in [-0.15, -0.1) is 0 Å². The number of allylic oxidation sites excluding steroid dienone is 7. The summed E-state index contributed by atoms with van der Waals surface area (Å²) in [7, 11) is 0. The lowest BCUT2D eigenvalue weighted by Crippen LogP contribution is -2.31. The van der Waals surface area contributed by atoms with Gasteiger partial charge in [-0.05, 0) is 86.5 Å². The van der Waals surface area contributed by atoms with Crippen LogP contribution in [-0.4, -0.2) is 31.1 Å². The number of carbonyl (C=O) groups excluding carboxylic acids is 2. The molecule has 2 unspecified atom stereocenters. The van der Waals surface area contributed by atoms with Gasteiger partial charge in [-0.1, -0.05) is 108 Å². The fraction of sp³-hybridized carbons (Fsp3) is 0.513. The van der Waals surface area contributed by atoms with Gasteiger partial charge in [0.15, 0.2) is 0 Å². The van der Waals surface area contributed by atoms with Gasteiger partial charge in [0.2, 0.25) is 11.8 Å². The molecule has 1 aliphatic rings. The quantitative estimate of drug-likeness (QED) is 0.0780. The molecule has 0 spiro atoms. The fourth-order valence-corrected chi connectivity index (χ4v) is 6.07. The fourth-order valence-electron chi connectivity index (χ4n) is 6.07. The van der Waals surface area contributed by atoms with Crippen LogP contribution in [0.2, 0.25) is 0 Å². The average Bonchev–Trinajstić information content (AvgIpc) is 3.06. The number of aliphatic imine (C=N–C) groups is 1. The van der Waals surface area contributed by atoms with E-state index in [0.29, 0.717) is 38.0 Å². The lowest BCUT2D eigenvalue weighted by molar-refractivity contribution is -0.120. The van der Waals surface area contributed by atoms with E-state index in [-0.39, 0.29) is 17.7 Å². The third-order valence-corrected chi connectivity index (χ3v) is 8.37. The van der Waals surface area contributed by atoms with Crippen LogP contribution >= 0.6 is 0 Å². The Morgan fingerprint density at radius 2 is 1.56 bits per heavy atom. The molecule has 246 valence electrons. The van der Waals surface area contributed by atoms with Gasteiger partial charge in [-0.25, -0.2) is 4.99 Å². The Labute approximate surface area is 272 Å². The van der Waals surface area contributed by atoms with Crippen LogP contribution in [-0.2, 0) is 15.0 Å². The van der Waals surface area contributed by atoms with Gasteiger partial charge in [0, 0.05) is 30.7 Å². The second kappa shape index (κ2) is 21.4. The first-order chi connectivity index (χ1) is 21.8. The molecule has 1 aliphatic carbocycles. The molecular weight excluding hydrogens is 556 g/mol. The Hall–Kier alpha value is -3.35. The van der Waals surface area contributed by atoms with E-state index in [1.54, 1.807) is 0 Å². The first kappa shape index (κ1) is 37.8. The van der Waals surface area contributed by atoms with Crippen molar-refractivity contribution in [1.29, 1.82) is 0 Å². The van der Waals surface area contributed by atoms with Gasteiger partial charge in [-0.3, -0.25) is 9.59 Å². The Balaban J connectivity index is 2.51. The third kappa shape index (κ3) is 12.9. The zero-order valence-corrected chi connectivity index (χ0v) is 28.0. The number of fused-ring (bicyclic) bond motifs is 1. The number of unbranched alkanes of at least 4 members (excludes halogenated alkanes) is 8. The summed E-state index contributed by atoms with van der Waals surface area (Å²) in [6.45, 7) is 14.4. The molecule has 2 atom stereocenters. The van der Waals surface area contributed by atoms with Gasteiger partial charge >= 0.3 is 0 Å². The third-order valence-electron chi connectivity index (χ3n) is 8.37. The Bertz CT molecular complexity index is 1230. The molecule has 2 rings (SSSR count). The first-order valence-corrected chi connectivity index (χ1v) is 17.1. The standard InChI is InChI=1S/C39H58N4O2/c1-5-19-31(3)38-32(4)24-25-33(43-37(45)23-14-10-8-12-18-28-41)29-39(26-6-2,35-21-16-15-20-34(35)38)30-42-36(44)22-13-9-7-11-17-27-40/h5,15-16,19-21,24-25,29-30,38H,3-4,6-14,17-18,22-23,26-28,40-41H2,1-2H3,(H,43,45)/b19-5-,25-24-,33-29+,42-30+. The van der Waals surface area contributed by atoms with Crippen molar-refractivity contribution in [2.45, 2.75) is 115 Å². The minimum Gasteiger partial charge on any atom is -0.330 e. The van der Waals surface area contributed by atoms with Crippen LogP contribution < -0.4 is 16.8 Å². The molecule has 5 N–H and O–H groups in total. The Kier molecular flexibility index (Phi) is 18.0. The molecule has 6 heteroatoms. The summed E-state index contributed by atoms with van der Waals surface area (Å²) in [5.41, 5.74) is 15.1. The largest absolute Gasteiger partial charge is 0.330 e. The summed E-state index contributed by atoms with van der Waals surface area (Å²) in [5.74, 6) is -0.310. The van der Waals surface area contributed by atoms with Crippen molar-refractivity contribution in [1.82, 2.24) is 5.32 Å². The Morgan fingerprint density at radius 1 is 0.933 bits per heavy atom. The highest BCUT2D eigenvalue weighted by Gasteiger charge is 2.34. The number of hydrogen-bond donors (Lipinski definition) is 3. The van der Waals surface area contributed by atoms with Crippen molar-refractivity contribution in [3.05, 3.63) is 95.8 Å². The van der Waals surface area contributed by atoms with E-state index in [4.69, 9.17) is 11.5 Å². The van der Waals surface area contributed by atoms with Crippen molar-refractivity contribution in [2.75, 3.05) is 13.1 Å². The van der Waals surface area contributed by atoms with Crippen molar-refractivity contribution in [3.63, 3.8) is 0 Å². The number of rotatable bonds is 20. The molecule has 1 aromatic carbocycles. The maximum Gasteiger partial charge on any atom is 0.245 e. The molecular formula is C39H58N4O2. The topological polar surface area (TPSA) is 111 Å². The molecule has 0 saturated heterocycles. The van der Waals surface area contributed by atoms with Crippen LogP contribution in [0.5, 0.6) is 0 Å². The maximum absolute atomic E-state index is 13.2. The normalized spacial score (nSPS) is 20.2. The summed E-state index contributed by atoms with van der Waals surface area (Å²) in [4.78, 5) is 30.8. The molecule has 0 fully saturated rings. The van der Waals surface area contributed by atoms with E-state index < -0.39 is 5.41 Å². The number of carbonyl (C=O) groups is 2. The van der Waals surface area contributed by atoms with E-state index in [9.17, 15) is 9.59 Å². The minimum absolute atomic E-state index is 0.0224. The summed E-state index contributed by atoms with van der Waals surface area (Å²) in [6.07, 6.45) is 24.3. The number of nitrogens with one attached hydrogen (secondary N) is 1. The SMILES string of the molecule is C=C(/C=C\C)C1C(=C)/C=C\C(NC(=O)CCCCCCCN)=C/C(/C=N/C(=O)CCCCCCCN)(CCC)c2ccccc21. The molecule has 0 radical (unpaired) electrons. The van der Waals surface area contributed by atoms with Gasteiger partial charge in [0.25, 0.3) is 0 Å². The van der Waals surface area contributed by atoms with Crippen LogP contribution in [0.1, 0.15) is 121 Å². The van der Waals surface area contributed by atoms with Gasteiger partial charge < -0.3 is 16.8 Å². The van der Waals surface area contributed by atoms with E-state index in [0.717, 1.165) is 92.9 Å². The van der Waals surface area contributed by atoms with Crippen LogP contribution in [0.15, 0.2) is 89.6 Å². The number of amides is 2. The highest BCUT2D eigenvalue weighted by molar-refractivity contribution is 5.91. The molecule has 0 aliphatic heterocycles. The highest BCUT2D eigenvalue weighted by Crippen LogP contribution is 2.42. The number of nitrogens with two attached hydrogens (primary N) is 2. The average molecular weight is 615 g/mol. The number of nitrogens with zero attached hydrogens (tertiary/aromatic N) is 1. The second-order valence-electron chi connectivity index (χ2n) is 12.2. The van der Waals surface area contributed by atoms with Crippen molar-refractivity contribution < 1.29 is 9.59 Å². The summed E-state index contributed by atoms with van der Waals surface area (Å²) in [6, 6.07) is 8.30. The summed E-state index contributed by atoms with van der Waals surface area (Å²) >= 11 is 0. The molecule has 45 heavy (non-hydrogen) atoms. The molecule has 6 nitrogen and oxygen atoms in total. The zero-order valence-electron chi connectivity index (χ0n) is 28.0. The second-order valence-corrected chi connectivity index (χ2v) is 12.2. The van der Waals surface area contributed by atoms with E-state index in [1.807, 2.05) is 49.6 Å². The monoisotopic (exact) mass is 614 g/mol. The first-order valence-electron chi connectivity index (χ1n) is 17.1. The van der Waals surface area contributed by atoms with Gasteiger partial charge in [-0.2, -0.15) is 0 Å². The smallest absolute Gasteiger partial charge is 0.245 e. The molecule has 0 saturated carbocycles. The van der Waals surface area contributed by atoms with Crippen molar-refractivity contribution >= 4 is 18.0 Å². The summed E-state index contributed by atoms with van der Waals surface area (Å²) < 4.78 is 0. The lowest BCUT2D eigenvalue weighted by Gasteiger charge is -2.32. The van der Waals surface area contributed by atoms with Gasteiger partial charge in [0.05, 0.1) is 5.41 Å². The Morgan fingerprint density at radius 3 is 2.20 bits per heavy atom. The lowest BCUT2D eigenvalue weighted by atomic mass is 9.71. The van der Waals surface area contributed by atoms with E-state index >= 15 is 0 Å². The van der Waals surface area contributed by atoms with Crippen molar-refractivity contribution in [2.24, 2.45) is 16.5 Å². The predicted octanol–water partition coefficient (Wildman–Crippen LogP) is 8.26. The highest BCUT2D eigenvalue weighted by atomic mass is 16.2. The van der Waals surface area contributed by atoms with Gasteiger partial charge in [0.1, 0.15) is 0 Å². The molecule has 0 bridgehead atoms. The van der Waals surface area contributed by atoms with Crippen LogP contribution in [0.4, 0.5) is 0 Å². The zero-order chi connectivity index (χ0) is 32.9. The van der Waals surface area contributed by atoms with E-state index in [1.165, 1.54) is 0 Å². The molecule has 0 heterocycles. The number of hydrogen-bond acceptors (Lipinski definition) is 4. The van der Waals surface area contributed by atoms with Crippen LogP contribution in [0.3, 0.4) is 0 Å². The predicted molar refractivity (Wildman–Crippen MR) is 191 cm³/mol. The summed E-state index contributed by atoms with van der Waals surface area (Å²) in [5, 5.41) is 3.18. The van der Waals surface area contributed by atoms with E-state index in [2.05, 4.69) is 48.6 Å². The van der Waals surface area contributed by atoms with Crippen molar-refractivity contribution in [3.8, 4) is 0 Å². The minimum atomic E-state index is -0.726. The molecule has 1 aromatic rings. The van der Waals surface area contributed by atoms with Crippen LogP contribution in [0, 0.1) is 0 Å². The maximum atomic E-state index is 13.2. The molecule has 0 aromatic heterocycles. The van der Waals surface area contributed by atoms with Crippen LogP contribution in [0.25, 0.3) is 0 Å².